The van der Waals surface area contributed by atoms with Gasteiger partial charge in [0.15, 0.2) is 0 Å². The van der Waals surface area contributed by atoms with Crippen LogP contribution in [-0.2, 0) is 9.59 Å². The maximum absolute atomic E-state index is 11.4. The number of nitrogens with two attached hydrogens (primary N) is 1. The van der Waals surface area contributed by atoms with Gasteiger partial charge in [0.2, 0.25) is 11.8 Å². The highest BCUT2D eigenvalue weighted by atomic mass is 16.2. The molecule has 0 aromatic carbocycles. The molecule has 0 radical (unpaired) electrons. The molecule has 1 atom stereocenters. The van der Waals surface area contributed by atoms with Gasteiger partial charge >= 0.3 is 0 Å². The largest absolute Gasteiger partial charge is 0.370 e. The van der Waals surface area contributed by atoms with Gasteiger partial charge in [0, 0.05) is 19.5 Å². The lowest BCUT2D eigenvalue weighted by Gasteiger charge is -2.14. The van der Waals surface area contributed by atoms with E-state index < -0.39 is 0 Å². The summed E-state index contributed by atoms with van der Waals surface area (Å²) in [4.78, 5) is 21.9. The van der Waals surface area contributed by atoms with Crippen LogP contribution in [0.5, 0.6) is 0 Å². The number of nitrogens with one attached hydrogen (secondary N) is 2. The SMILES string of the molecule is NC(=O)CCNC1CCCCNC1=O. The first kappa shape index (κ1) is 11.0. The number of rotatable bonds is 4. The van der Waals surface area contributed by atoms with E-state index in [-0.39, 0.29) is 24.3 Å². The zero-order chi connectivity index (χ0) is 10.4. The zero-order valence-electron chi connectivity index (χ0n) is 8.21. The van der Waals surface area contributed by atoms with Crippen LogP contribution in [0.2, 0.25) is 0 Å². The fraction of sp³-hybridized carbons (Fsp3) is 0.778. The first-order valence-corrected chi connectivity index (χ1v) is 4.99. The Kier molecular flexibility index (Phi) is 4.39. The highest BCUT2D eigenvalue weighted by molar-refractivity contribution is 5.82. The van der Waals surface area contributed by atoms with E-state index in [1.165, 1.54) is 0 Å². The van der Waals surface area contributed by atoms with E-state index in [2.05, 4.69) is 10.6 Å². The second-order valence-electron chi connectivity index (χ2n) is 3.51. The van der Waals surface area contributed by atoms with Crippen molar-refractivity contribution in [2.75, 3.05) is 13.1 Å². The van der Waals surface area contributed by atoms with Crippen molar-refractivity contribution in [3.05, 3.63) is 0 Å². The Morgan fingerprint density at radius 2 is 2.36 bits per heavy atom. The van der Waals surface area contributed by atoms with Gasteiger partial charge in [0.25, 0.3) is 0 Å². The molecule has 1 heterocycles. The van der Waals surface area contributed by atoms with Gasteiger partial charge in [-0.3, -0.25) is 9.59 Å². The summed E-state index contributed by atoms with van der Waals surface area (Å²) in [7, 11) is 0. The van der Waals surface area contributed by atoms with Gasteiger partial charge < -0.3 is 16.4 Å². The molecular weight excluding hydrogens is 182 g/mol. The van der Waals surface area contributed by atoms with Gasteiger partial charge in [-0.25, -0.2) is 0 Å². The Labute approximate surface area is 83.4 Å². The number of primary amides is 1. The molecule has 5 nitrogen and oxygen atoms in total. The zero-order valence-corrected chi connectivity index (χ0v) is 8.21. The molecule has 1 saturated heterocycles. The minimum Gasteiger partial charge on any atom is -0.370 e. The molecule has 0 saturated carbocycles. The van der Waals surface area contributed by atoms with Gasteiger partial charge in [0.1, 0.15) is 0 Å². The minimum atomic E-state index is -0.341. The van der Waals surface area contributed by atoms with Crippen molar-refractivity contribution in [3.63, 3.8) is 0 Å². The quantitative estimate of drug-likeness (QED) is 0.549. The van der Waals surface area contributed by atoms with E-state index >= 15 is 0 Å². The third kappa shape index (κ3) is 3.74. The number of hydrogen-bond donors (Lipinski definition) is 3. The lowest BCUT2D eigenvalue weighted by Crippen LogP contribution is -2.43. The molecule has 0 spiro atoms. The summed E-state index contributed by atoms with van der Waals surface area (Å²) in [5.41, 5.74) is 4.99. The molecule has 1 aliphatic heterocycles. The molecule has 1 fully saturated rings. The Bertz CT molecular complexity index is 218. The monoisotopic (exact) mass is 199 g/mol. The molecule has 0 aromatic rings. The van der Waals surface area contributed by atoms with E-state index in [9.17, 15) is 9.59 Å². The van der Waals surface area contributed by atoms with Gasteiger partial charge in [-0.05, 0) is 19.3 Å². The second kappa shape index (κ2) is 5.59. The highest BCUT2D eigenvalue weighted by Gasteiger charge is 2.19. The molecule has 4 N–H and O–H groups in total. The molecule has 1 unspecified atom stereocenters. The molecule has 1 rings (SSSR count). The predicted molar refractivity (Wildman–Crippen MR) is 52.5 cm³/mol. The molecule has 80 valence electrons. The van der Waals surface area contributed by atoms with Gasteiger partial charge in [-0.2, -0.15) is 0 Å². The van der Waals surface area contributed by atoms with E-state index in [0.717, 1.165) is 25.8 Å². The fourth-order valence-electron chi connectivity index (χ4n) is 1.50. The molecule has 1 aliphatic rings. The third-order valence-electron chi connectivity index (χ3n) is 2.30. The van der Waals surface area contributed by atoms with E-state index in [1.807, 2.05) is 0 Å². The topological polar surface area (TPSA) is 84.2 Å². The van der Waals surface area contributed by atoms with Crippen molar-refractivity contribution in [3.8, 4) is 0 Å². The third-order valence-corrected chi connectivity index (χ3v) is 2.30. The van der Waals surface area contributed by atoms with Crippen molar-refractivity contribution in [1.29, 1.82) is 0 Å². The Balaban J connectivity index is 2.26. The number of carbonyl (C=O) groups is 2. The maximum Gasteiger partial charge on any atom is 0.237 e. The molecular formula is C9H17N3O2. The summed E-state index contributed by atoms with van der Waals surface area (Å²) in [5, 5.41) is 5.84. The van der Waals surface area contributed by atoms with Crippen molar-refractivity contribution < 1.29 is 9.59 Å². The molecule has 0 bridgehead atoms. The fourth-order valence-corrected chi connectivity index (χ4v) is 1.50. The molecule has 0 aromatic heterocycles. The lowest BCUT2D eigenvalue weighted by molar-refractivity contribution is -0.123. The van der Waals surface area contributed by atoms with Crippen LogP contribution in [0, 0.1) is 0 Å². The Morgan fingerprint density at radius 1 is 1.57 bits per heavy atom. The summed E-state index contributed by atoms with van der Waals surface area (Å²) >= 11 is 0. The number of amides is 2. The van der Waals surface area contributed by atoms with Crippen LogP contribution in [0.4, 0.5) is 0 Å². The highest BCUT2D eigenvalue weighted by Crippen LogP contribution is 2.04. The van der Waals surface area contributed by atoms with E-state index in [1.54, 1.807) is 0 Å². The van der Waals surface area contributed by atoms with Crippen LogP contribution >= 0.6 is 0 Å². The average molecular weight is 199 g/mol. The maximum atomic E-state index is 11.4. The van der Waals surface area contributed by atoms with Crippen LogP contribution in [-0.4, -0.2) is 30.9 Å². The summed E-state index contributed by atoms with van der Waals surface area (Å²) in [5.74, 6) is -0.307. The Morgan fingerprint density at radius 3 is 3.07 bits per heavy atom. The van der Waals surface area contributed by atoms with E-state index in [4.69, 9.17) is 5.73 Å². The van der Waals surface area contributed by atoms with Crippen molar-refractivity contribution in [1.82, 2.24) is 10.6 Å². The van der Waals surface area contributed by atoms with Crippen LogP contribution in [0.25, 0.3) is 0 Å². The van der Waals surface area contributed by atoms with Gasteiger partial charge in [-0.1, -0.05) is 0 Å². The minimum absolute atomic E-state index is 0.0342. The van der Waals surface area contributed by atoms with Gasteiger partial charge in [-0.15, -0.1) is 0 Å². The first-order chi connectivity index (χ1) is 6.70. The standard InChI is InChI=1S/C9H17N3O2/c10-8(13)4-6-11-7-3-1-2-5-12-9(7)14/h7,11H,1-6H2,(H2,10,13)(H,12,14). The summed E-state index contributed by atoms with van der Waals surface area (Å²) in [6.07, 6.45) is 3.18. The van der Waals surface area contributed by atoms with Crippen LogP contribution < -0.4 is 16.4 Å². The lowest BCUT2D eigenvalue weighted by atomic mass is 10.1. The van der Waals surface area contributed by atoms with Crippen molar-refractivity contribution in [2.45, 2.75) is 31.7 Å². The van der Waals surface area contributed by atoms with Crippen LogP contribution in [0.1, 0.15) is 25.7 Å². The van der Waals surface area contributed by atoms with Crippen LogP contribution in [0.15, 0.2) is 0 Å². The Hall–Kier alpha value is -1.10. The van der Waals surface area contributed by atoms with Crippen molar-refractivity contribution >= 4 is 11.8 Å². The normalized spacial score (nSPS) is 22.6. The molecule has 14 heavy (non-hydrogen) atoms. The number of hydrogen-bond acceptors (Lipinski definition) is 3. The van der Waals surface area contributed by atoms with Gasteiger partial charge in [0.05, 0.1) is 6.04 Å². The predicted octanol–water partition coefficient (Wildman–Crippen LogP) is -0.880. The molecule has 0 aliphatic carbocycles. The second-order valence-corrected chi connectivity index (χ2v) is 3.51. The molecule has 5 heteroatoms. The van der Waals surface area contributed by atoms with Crippen molar-refractivity contribution in [2.24, 2.45) is 5.73 Å². The van der Waals surface area contributed by atoms with Crippen LogP contribution in [0.3, 0.4) is 0 Å². The summed E-state index contributed by atoms with van der Waals surface area (Å²) in [6.45, 7) is 1.24. The first-order valence-electron chi connectivity index (χ1n) is 4.99. The number of carbonyl (C=O) groups excluding carboxylic acids is 2. The summed E-state index contributed by atoms with van der Waals surface area (Å²) in [6, 6.07) is -0.156. The van der Waals surface area contributed by atoms with E-state index in [0.29, 0.717) is 6.54 Å². The smallest absolute Gasteiger partial charge is 0.237 e. The summed E-state index contributed by atoms with van der Waals surface area (Å²) < 4.78 is 0. The average Bonchev–Trinajstić information content (AvgIpc) is 2.31. The molecule has 2 amide bonds.